The molecule has 10 atom stereocenters. The van der Waals surface area contributed by atoms with Gasteiger partial charge in [-0.3, -0.25) is 29.1 Å². The Labute approximate surface area is 356 Å². The summed E-state index contributed by atoms with van der Waals surface area (Å²) in [7, 11) is 0. The van der Waals surface area contributed by atoms with E-state index in [0.717, 1.165) is 56.1 Å². The molecule has 0 radical (unpaired) electrons. The van der Waals surface area contributed by atoms with Gasteiger partial charge < -0.3 is 25.8 Å². The maximum atomic E-state index is 14.5. The van der Waals surface area contributed by atoms with Crippen LogP contribution < -0.4 is 16.0 Å². The minimum Gasteiger partial charge on any atom is -0.481 e. The molecule has 12 nitrogen and oxygen atoms in total. The van der Waals surface area contributed by atoms with Crippen LogP contribution in [0.25, 0.3) is 0 Å². The fourth-order valence-electron chi connectivity index (χ4n) is 14.8. The van der Waals surface area contributed by atoms with E-state index in [9.17, 15) is 42.3 Å². The first-order chi connectivity index (χ1) is 28.2. The lowest BCUT2D eigenvalue weighted by Crippen LogP contribution is -2.77. The van der Waals surface area contributed by atoms with Crippen LogP contribution in [-0.2, 0) is 30.1 Å². The SMILES string of the molecule is CC(C)C1=C2[C@H]3CC[C@@H]4[C@@]5(C)CC[C@H](OC(=O)[C@H]6C[C@@H](C(=O)O)C6(C)C)C(C)(C)[C@@H]5CC[C@@]4(C)[C@]3(C)CC[C@@]2(NC(=O)C2(NC(=O)c3cc(C(F)(F)F)[nH]n3)CNC2)CC1=O. The van der Waals surface area contributed by atoms with Gasteiger partial charge in [0.15, 0.2) is 11.5 Å². The van der Waals surface area contributed by atoms with Crippen molar-refractivity contribution in [3.63, 3.8) is 0 Å². The van der Waals surface area contributed by atoms with E-state index in [0.29, 0.717) is 24.8 Å². The van der Waals surface area contributed by atoms with Crippen molar-refractivity contribution < 1.29 is 47.0 Å². The molecule has 61 heavy (non-hydrogen) atoms. The van der Waals surface area contributed by atoms with Crippen LogP contribution in [0, 0.1) is 62.6 Å². The summed E-state index contributed by atoms with van der Waals surface area (Å²) in [6.45, 7) is 19.7. The number of ketones is 1. The molecule has 6 aliphatic carbocycles. The highest BCUT2D eigenvalue weighted by molar-refractivity contribution is 6.04. The number of esters is 1. The third-order valence-electron chi connectivity index (χ3n) is 18.6. The fraction of sp³-hybridized carbons (Fsp3) is 0.783. The molecule has 5 N–H and O–H groups in total. The summed E-state index contributed by atoms with van der Waals surface area (Å²) in [5, 5.41) is 24.2. The van der Waals surface area contributed by atoms with Crippen molar-refractivity contribution >= 4 is 29.5 Å². The second-order valence-corrected chi connectivity index (χ2v) is 22.3. The predicted molar refractivity (Wildman–Crippen MR) is 217 cm³/mol. The van der Waals surface area contributed by atoms with Crippen molar-refractivity contribution in [2.24, 2.45) is 62.6 Å². The Bertz CT molecular complexity index is 2090. The molecule has 8 rings (SSSR count). The highest BCUT2D eigenvalue weighted by Crippen LogP contribution is 2.76. The van der Waals surface area contributed by atoms with E-state index >= 15 is 0 Å². The van der Waals surface area contributed by atoms with Crippen molar-refractivity contribution in [1.29, 1.82) is 0 Å². The van der Waals surface area contributed by atoms with Gasteiger partial charge in [-0.1, -0.05) is 62.3 Å². The molecule has 1 aromatic rings. The number of amides is 2. The van der Waals surface area contributed by atoms with Crippen molar-refractivity contribution in [3.8, 4) is 0 Å². The molecule has 336 valence electrons. The van der Waals surface area contributed by atoms with E-state index in [1.54, 1.807) is 0 Å². The molecule has 0 spiro atoms. The molecule has 0 bridgehead atoms. The second kappa shape index (κ2) is 13.9. The maximum Gasteiger partial charge on any atom is 0.432 e. The number of fused-ring (bicyclic) bond motifs is 7. The number of aliphatic carboxylic acids is 1. The van der Waals surface area contributed by atoms with Gasteiger partial charge >= 0.3 is 18.1 Å². The molecule has 7 aliphatic rings. The number of nitrogens with zero attached hydrogens (tertiary/aromatic N) is 1. The number of carboxylic acid groups (broad SMARTS) is 1. The summed E-state index contributed by atoms with van der Waals surface area (Å²) in [4.78, 5) is 67.4. The lowest BCUT2D eigenvalue weighted by atomic mass is 9.33. The fourth-order valence-corrected chi connectivity index (χ4v) is 14.8. The number of Topliss-reactive ketones (excluding diaryl/α,β-unsaturated/α-hetero) is 1. The van der Waals surface area contributed by atoms with E-state index in [1.165, 1.54) is 0 Å². The van der Waals surface area contributed by atoms with Crippen molar-refractivity contribution in [3.05, 3.63) is 28.6 Å². The number of aromatic nitrogens is 2. The van der Waals surface area contributed by atoms with Crippen LogP contribution in [-0.4, -0.2) is 75.1 Å². The molecule has 2 heterocycles. The first-order valence-electron chi connectivity index (χ1n) is 22.4. The van der Waals surface area contributed by atoms with Gasteiger partial charge in [0.25, 0.3) is 5.91 Å². The van der Waals surface area contributed by atoms with Gasteiger partial charge in [-0.05, 0) is 114 Å². The lowest BCUT2D eigenvalue weighted by molar-refractivity contribution is -0.235. The van der Waals surface area contributed by atoms with Gasteiger partial charge in [-0.25, -0.2) is 0 Å². The van der Waals surface area contributed by atoms with Crippen molar-refractivity contribution in [1.82, 2.24) is 26.1 Å². The number of aromatic amines is 1. The third-order valence-corrected chi connectivity index (χ3v) is 18.6. The van der Waals surface area contributed by atoms with Crippen LogP contribution in [0.4, 0.5) is 13.2 Å². The molecule has 0 aromatic carbocycles. The number of halogens is 3. The van der Waals surface area contributed by atoms with Gasteiger partial charge in [0.1, 0.15) is 17.3 Å². The van der Waals surface area contributed by atoms with E-state index in [-0.39, 0.29) is 76.8 Å². The summed E-state index contributed by atoms with van der Waals surface area (Å²) in [5.74, 6) is -2.92. The van der Waals surface area contributed by atoms with Crippen LogP contribution in [0.1, 0.15) is 143 Å². The van der Waals surface area contributed by atoms with E-state index in [1.807, 2.05) is 32.8 Å². The van der Waals surface area contributed by atoms with Crippen LogP contribution in [0.3, 0.4) is 0 Å². The Balaban J connectivity index is 1.04. The third kappa shape index (κ3) is 6.21. The number of carbonyl (C=O) groups is 5. The number of carbonyl (C=O) groups excluding carboxylic acids is 4. The number of nitrogens with one attached hydrogen (secondary N) is 4. The number of rotatable bonds is 8. The zero-order valence-corrected chi connectivity index (χ0v) is 37.1. The Hall–Kier alpha value is -3.75. The average molecular weight is 856 g/mol. The topological polar surface area (TPSA) is 180 Å². The van der Waals surface area contributed by atoms with Gasteiger partial charge in [-0.2, -0.15) is 18.3 Å². The van der Waals surface area contributed by atoms with E-state index in [4.69, 9.17) is 4.74 Å². The molecule has 0 unspecified atom stereocenters. The Morgan fingerprint density at radius 2 is 1.56 bits per heavy atom. The van der Waals surface area contributed by atoms with E-state index in [2.05, 4.69) is 55.7 Å². The highest BCUT2D eigenvalue weighted by atomic mass is 19.4. The number of alkyl halides is 3. The Morgan fingerprint density at radius 1 is 0.869 bits per heavy atom. The Morgan fingerprint density at radius 3 is 2.13 bits per heavy atom. The second-order valence-electron chi connectivity index (χ2n) is 22.3. The van der Waals surface area contributed by atoms with Crippen LogP contribution in [0.15, 0.2) is 17.2 Å². The average Bonchev–Trinajstić information content (AvgIpc) is 3.74. The molecule has 5 saturated carbocycles. The lowest BCUT2D eigenvalue weighted by Gasteiger charge is -2.72. The Kier molecular flexibility index (Phi) is 9.98. The summed E-state index contributed by atoms with van der Waals surface area (Å²) in [6, 6.07) is 0.626. The summed E-state index contributed by atoms with van der Waals surface area (Å²) >= 11 is 0. The minimum absolute atomic E-state index is 0.0208. The molecule has 1 aromatic heterocycles. The maximum absolute atomic E-state index is 14.5. The minimum atomic E-state index is -4.72. The number of ether oxygens (including phenoxy) is 1. The van der Waals surface area contributed by atoms with Gasteiger partial charge in [0.05, 0.1) is 17.4 Å². The highest BCUT2D eigenvalue weighted by Gasteiger charge is 2.71. The largest absolute Gasteiger partial charge is 0.481 e. The normalized spacial score (nSPS) is 39.4. The first-order valence-corrected chi connectivity index (χ1v) is 22.4. The molecular weight excluding hydrogens is 792 g/mol. The van der Waals surface area contributed by atoms with Crippen LogP contribution in [0.5, 0.6) is 0 Å². The van der Waals surface area contributed by atoms with Crippen molar-refractivity contribution in [2.45, 2.75) is 150 Å². The molecule has 1 saturated heterocycles. The summed E-state index contributed by atoms with van der Waals surface area (Å²) in [5.41, 5.74) is -3.54. The molecular formula is C46H64F3N5O7. The molecule has 15 heteroatoms. The monoisotopic (exact) mass is 855 g/mol. The number of allylic oxidation sites excluding steroid dienone is 1. The number of carboxylic acids is 1. The molecule has 1 aliphatic heterocycles. The quantitative estimate of drug-likeness (QED) is 0.172. The summed E-state index contributed by atoms with van der Waals surface area (Å²) < 4.78 is 46.3. The van der Waals surface area contributed by atoms with Crippen LogP contribution >= 0.6 is 0 Å². The predicted octanol–water partition coefficient (Wildman–Crippen LogP) is 7.01. The van der Waals surface area contributed by atoms with E-state index < -0.39 is 63.7 Å². The molecule has 2 amide bonds. The zero-order chi connectivity index (χ0) is 44.7. The van der Waals surface area contributed by atoms with Gasteiger partial charge in [0.2, 0.25) is 5.91 Å². The standard InChI is InChI=1S/C46H64F3N5O7/c1-23(2)33-28(55)20-44(52-38(60)45(21-50-22-45)51-35(56)27-19-31(54-53-27)46(47,48)49)17-16-42(8)24(34(33)44)10-11-30-41(7)14-13-32(40(5,6)29(41)12-15-43(30,42)9)61-37(59)26-18-25(36(57)58)39(26,3)4/h19,23-26,29-30,32,50H,10-18,20-22H2,1-9H3,(H,51,56)(H,52,60)(H,53,54)(H,57,58)/t24-,25+,26-,29+,30-,32+,41+,42-,43-,44-/m1/s1. The zero-order valence-electron chi connectivity index (χ0n) is 37.1. The first kappa shape index (κ1) is 43.9. The number of hydrogen-bond donors (Lipinski definition) is 5. The summed E-state index contributed by atoms with van der Waals surface area (Å²) in [6.07, 6.45) is 2.10. The number of hydrogen-bond acceptors (Lipinski definition) is 8. The van der Waals surface area contributed by atoms with Gasteiger partial charge in [-0.15, -0.1) is 0 Å². The molecule has 6 fully saturated rings. The van der Waals surface area contributed by atoms with Crippen molar-refractivity contribution in [2.75, 3.05) is 13.1 Å². The van der Waals surface area contributed by atoms with Crippen LogP contribution in [0.2, 0.25) is 0 Å². The van der Waals surface area contributed by atoms with Gasteiger partial charge in [0, 0.05) is 31.0 Å². The number of H-pyrrole nitrogens is 1. The smallest absolute Gasteiger partial charge is 0.432 e.